The van der Waals surface area contributed by atoms with Gasteiger partial charge in [0, 0.05) is 31.4 Å². The molecule has 36 heavy (non-hydrogen) atoms. The molecule has 13 heteroatoms. The number of halogens is 8. The Morgan fingerprint density at radius 1 is 1.08 bits per heavy atom. The number of carbonyl (C=O) groups excluding carboxylic acids is 1. The molecule has 3 rings (SSSR count). The highest BCUT2D eigenvalue weighted by Gasteiger charge is 2.62. The molecule has 2 heterocycles. The van der Waals surface area contributed by atoms with E-state index in [-0.39, 0.29) is 43.8 Å². The van der Waals surface area contributed by atoms with E-state index in [0.717, 1.165) is 17.2 Å². The van der Waals surface area contributed by atoms with Crippen LogP contribution >= 0.6 is 0 Å². The standard InChI is InChI=1S/C23H26F8N4O/c1-11(2)20-33-10-14(19(34-20)22(27,28)23(29,30)31)21(36)35-5-3-12(4-6-35)18(32)8-13-7-16(25)17(26)9-15(13)24/h7,9-12,18,20,34H,3-6,8,32H2,1-2H3/t18-,20?/m1/s1. The molecule has 1 aromatic carbocycles. The molecule has 5 nitrogen and oxygen atoms in total. The van der Waals surface area contributed by atoms with E-state index in [1.165, 1.54) is 0 Å². The summed E-state index contributed by atoms with van der Waals surface area (Å²) in [6.07, 6.45) is -5.86. The van der Waals surface area contributed by atoms with Crippen molar-refractivity contribution in [3.8, 4) is 0 Å². The Labute approximate surface area is 202 Å². The van der Waals surface area contributed by atoms with Gasteiger partial charge in [-0.05, 0) is 42.7 Å². The molecule has 2 aliphatic heterocycles. The second-order valence-corrected chi connectivity index (χ2v) is 9.33. The number of hydrogen-bond donors (Lipinski definition) is 2. The van der Waals surface area contributed by atoms with Gasteiger partial charge in [-0.15, -0.1) is 0 Å². The average Bonchev–Trinajstić information content (AvgIpc) is 2.81. The van der Waals surface area contributed by atoms with Crippen LogP contribution in [0.1, 0.15) is 32.3 Å². The molecule has 0 radical (unpaired) electrons. The Kier molecular flexibility index (Phi) is 8.01. The summed E-state index contributed by atoms with van der Waals surface area (Å²) in [6, 6.07) is 0.456. The van der Waals surface area contributed by atoms with E-state index in [4.69, 9.17) is 5.73 Å². The van der Waals surface area contributed by atoms with Crippen molar-refractivity contribution < 1.29 is 39.9 Å². The first-order valence-corrected chi connectivity index (χ1v) is 11.3. The number of amides is 1. The lowest BCUT2D eigenvalue weighted by atomic mass is 9.86. The van der Waals surface area contributed by atoms with Crippen molar-refractivity contribution in [3.05, 3.63) is 46.4 Å². The average molecular weight is 526 g/mol. The molecule has 2 aliphatic rings. The van der Waals surface area contributed by atoms with Crippen LogP contribution < -0.4 is 11.1 Å². The lowest BCUT2D eigenvalue weighted by Crippen LogP contribution is -2.51. The molecule has 1 amide bonds. The van der Waals surface area contributed by atoms with Crippen molar-refractivity contribution in [1.29, 1.82) is 0 Å². The van der Waals surface area contributed by atoms with Crippen molar-refractivity contribution in [3.63, 3.8) is 0 Å². The number of rotatable bonds is 6. The molecule has 0 aromatic heterocycles. The number of likely N-dealkylation sites (tertiary alicyclic amines) is 1. The molecule has 1 aromatic rings. The van der Waals surface area contributed by atoms with E-state index < -0.39 is 64.9 Å². The molecule has 1 fully saturated rings. The van der Waals surface area contributed by atoms with Crippen molar-refractivity contribution >= 4 is 12.1 Å². The van der Waals surface area contributed by atoms with Gasteiger partial charge in [0.1, 0.15) is 17.7 Å². The second kappa shape index (κ2) is 10.3. The fourth-order valence-electron chi connectivity index (χ4n) is 4.23. The number of nitrogens with one attached hydrogen (secondary N) is 1. The molecule has 0 bridgehead atoms. The third-order valence-corrected chi connectivity index (χ3v) is 6.43. The zero-order valence-electron chi connectivity index (χ0n) is 19.5. The molecule has 1 saturated heterocycles. The van der Waals surface area contributed by atoms with Gasteiger partial charge < -0.3 is 16.0 Å². The predicted octanol–water partition coefficient (Wildman–Crippen LogP) is 4.32. The Morgan fingerprint density at radius 2 is 1.67 bits per heavy atom. The van der Waals surface area contributed by atoms with Gasteiger partial charge in [-0.3, -0.25) is 9.79 Å². The topological polar surface area (TPSA) is 70.7 Å². The van der Waals surface area contributed by atoms with Crippen LogP contribution in [-0.4, -0.2) is 54.4 Å². The van der Waals surface area contributed by atoms with Crippen LogP contribution in [0, 0.1) is 29.3 Å². The normalized spacial score (nSPS) is 20.7. The van der Waals surface area contributed by atoms with Crippen LogP contribution in [0.25, 0.3) is 0 Å². The van der Waals surface area contributed by atoms with Gasteiger partial charge in [-0.25, -0.2) is 13.2 Å². The van der Waals surface area contributed by atoms with E-state index in [1.807, 2.05) is 0 Å². The maximum absolute atomic E-state index is 14.3. The zero-order valence-corrected chi connectivity index (χ0v) is 19.5. The van der Waals surface area contributed by atoms with Gasteiger partial charge in [0.25, 0.3) is 5.91 Å². The Balaban J connectivity index is 1.73. The number of carbonyl (C=O) groups is 1. The first kappa shape index (κ1) is 27.9. The molecular weight excluding hydrogens is 500 g/mol. The minimum absolute atomic E-state index is 0.00667. The first-order chi connectivity index (χ1) is 16.6. The SMILES string of the molecule is CC(C)C1N=CC(C(=O)N2CCC([C@H](N)Cc3cc(F)c(F)cc3F)CC2)=C(C(F)(F)C(F)(F)F)N1. The van der Waals surface area contributed by atoms with Crippen LogP contribution in [0.3, 0.4) is 0 Å². The number of hydrogen-bond acceptors (Lipinski definition) is 4. The summed E-state index contributed by atoms with van der Waals surface area (Å²) in [7, 11) is 0. The van der Waals surface area contributed by atoms with Crippen LogP contribution in [0.5, 0.6) is 0 Å². The minimum atomic E-state index is -5.93. The molecule has 0 aliphatic carbocycles. The van der Waals surface area contributed by atoms with Crippen molar-refractivity contribution in [1.82, 2.24) is 10.2 Å². The molecule has 2 atom stereocenters. The maximum atomic E-state index is 14.3. The fourth-order valence-corrected chi connectivity index (χ4v) is 4.23. The predicted molar refractivity (Wildman–Crippen MR) is 116 cm³/mol. The summed E-state index contributed by atoms with van der Waals surface area (Å²) in [6.45, 7) is 3.14. The largest absolute Gasteiger partial charge is 0.459 e. The first-order valence-electron chi connectivity index (χ1n) is 11.3. The minimum Gasteiger partial charge on any atom is -0.361 e. The van der Waals surface area contributed by atoms with Gasteiger partial charge in [0.15, 0.2) is 11.6 Å². The molecule has 3 N–H and O–H groups in total. The second-order valence-electron chi connectivity index (χ2n) is 9.33. The summed E-state index contributed by atoms with van der Waals surface area (Å²) in [5, 5.41) is 2.09. The summed E-state index contributed by atoms with van der Waals surface area (Å²) in [5.74, 6) is -10.5. The molecule has 1 unspecified atom stereocenters. The van der Waals surface area contributed by atoms with E-state index in [1.54, 1.807) is 13.8 Å². The quantitative estimate of drug-likeness (QED) is 0.429. The van der Waals surface area contributed by atoms with Crippen molar-refractivity contribution in [2.75, 3.05) is 13.1 Å². The highest BCUT2D eigenvalue weighted by molar-refractivity contribution is 6.13. The van der Waals surface area contributed by atoms with E-state index >= 15 is 0 Å². The Bertz CT molecular complexity index is 1050. The van der Waals surface area contributed by atoms with E-state index in [9.17, 15) is 39.9 Å². The van der Waals surface area contributed by atoms with Gasteiger partial charge >= 0.3 is 12.1 Å². The highest BCUT2D eigenvalue weighted by Crippen LogP contribution is 2.42. The number of nitrogens with two attached hydrogens (primary N) is 1. The Hall–Kier alpha value is -2.70. The Morgan fingerprint density at radius 3 is 2.22 bits per heavy atom. The van der Waals surface area contributed by atoms with E-state index in [0.29, 0.717) is 6.07 Å². The number of aliphatic imine (C=N–C) groups is 1. The monoisotopic (exact) mass is 526 g/mol. The summed E-state index contributed by atoms with van der Waals surface area (Å²) in [5.41, 5.74) is 3.59. The van der Waals surface area contributed by atoms with E-state index in [2.05, 4.69) is 10.3 Å². The van der Waals surface area contributed by atoms with Crippen LogP contribution in [0.2, 0.25) is 0 Å². The molecule has 0 spiro atoms. The van der Waals surface area contributed by atoms with Gasteiger partial charge in [0.05, 0.1) is 5.57 Å². The highest BCUT2D eigenvalue weighted by atomic mass is 19.4. The number of alkyl halides is 5. The van der Waals surface area contributed by atoms with Crippen molar-refractivity contribution in [2.45, 2.75) is 57.4 Å². The fraction of sp³-hybridized carbons (Fsp3) is 0.565. The number of piperidine rings is 1. The number of allylic oxidation sites excluding steroid dienone is 1. The molecule has 0 saturated carbocycles. The maximum Gasteiger partial charge on any atom is 0.459 e. The smallest absolute Gasteiger partial charge is 0.361 e. The number of nitrogens with zero attached hydrogens (tertiary/aromatic N) is 2. The third-order valence-electron chi connectivity index (χ3n) is 6.43. The lowest BCUT2D eigenvalue weighted by Gasteiger charge is -2.37. The summed E-state index contributed by atoms with van der Waals surface area (Å²) in [4.78, 5) is 18.0. The third kappa shape index (κ3) is 5.65. The molecular formula is C23H26F8N4O. The molecule has 200 valence electrons. The number of benzene rings is 1. The van der Waals surface area contributed by atoms with Gasteiger partial charge in [0.2, 0.25) is 0 Å². The van der Waals surface area contributed by atoms with Crippen LogP contribution in [0.4, 0.5) is 35.1 Å². The summed E-state index contributed by atoms with van der Waals surface area (Å²) < 4.78 is 109. The summed E-state index contributed by atoms with van der Waals surface area (Å²) >= 11 is 0. The van der Waals surface area contributed by atoms with Crippen molar-refractivity contribution in [2.24, 2.45) is 22.6 Å². The zero-order chi connectivity index (χ0) is 27.0. The van der Waals surface area contributed by atoms with Crippen LogP contribution in [0.15, 0.2) is 28.4 Å². The van der Waals surface area contributed by atoms with Gasteiger partial charge in [-0.1, -0.05) is 13.8 Å². The lowest BCUT2D eigenvalue weighted by molar-refractivity contribution is -0.266. The van der Waals surface area contributed by atoms with Crippen LogP contribution in [-0.2, 0) is 11.2 Å². The van der Waals surface area contributed by atoms with Gasteiger partial charge in [-0.2, -0.15) is 22.0 Å².